The molecule has 9 heteroatoms. The lowest BCUT2D eigenvalue weighted by Gasteiger charge is -2.32. The number of sulfonamides is 1. The number of amides is 1. The molecule has 0 bridgehead atoms. The van der Waals surface area contributed by atoms with Gasteiger partial charge in [0.15, 0.2) is 0 Å². The molecule has 0 spiro atoms. The summed E-state index contributed by atoms with van der Waals surface area (Å²) in [7, 11) is -0.875. The number of rotatable bonds is 6. The van der Waals surface area contributed by atoms with E-state index >= 15 is 0 Å². The summed E-state index contributed by atoms with van der Waals surface area (Å²) in [5, 5.41) is 0. The Bertz CT molecular complexity index is 1050. The third-order valence-electron chi connectivity index (χ3n) is 4.96. The molecule has 160 valence electrons. The van der Waals surface area contributed by atoms with Gasteiger partial charge in [0, 0.05) is 12.2 Å². The molecule has 3 rings (SSSR count). The van der Waals surface area contributed by atoms with Gasteiger partial charge in [0.2, 0.25) is 15.9 Å². The molecule has 0 unspecified atom stereocenters. The van der Waals surface area contributed by atoms with E-state index in [0.717, 1.165) is 34.7 Å². The van der Waals surface area contributed by atoms with Crippen molar-refractivity contribution in [1.29, 1.82) is 0 Å². The van der Waals surface area contributed by atoms with Crippen molar-refractivity contribution < 1.29 is 27.5 Å². The molecule has 0 fully saturated rings. The Morgan fingerprint density at radius 2 is 1.80 bits per heavy atom. The highest BCUT2D eigenvalue weighted by atomic mass is 32.2. The van der Waals surface area contributed by atoms with Crippen LogP contribution in [0.25, 0.3) is 0 Å². The normalized spacial score (nSPS) is 13.4. The van der Waals surface area contributed by atoms with Crippen LogP contribution in [0.5, 0.6) is 5.75 Å². The van der Waals surface area contributed by atoms with Crippen LogP contribution in [0, 0.1) is 0 Å². The molecule has 1 aliphatic rings. The van der Waals surface area contributed by atoms with Crippen molar-refractivity contribution in [2.45, 2.75) is 12.8 Å². The number of carbonyl (C=O) groups is 2. The van der Waals surface area contributed by atoms with Crippen LogP contribution in [-0.4, -0.2) is 53.9 Å². The van der Waals surface area contributed by atoms with E-state index in [1.807, 2.05) is 12.1 Å². The summed E-state index contributed by atoms with van der Waals surface area (Å²) in [5.74, 6) is -0.140. The topological polar surface area (TPSA) is 93.2 Å². The van der Waals surface area contributed by atoms with Crippen LogP contribution in [0.3, 0.4) is 0 Å². The number of ether oxygens (including phenoxy) is 2. The fourth-order valence-electron chi connectivity index (χ4n) is 3.45. The SMILES string of the molecule is COC(=O)c1ccc(N(CC(=O)N2CCCc3cc(OC)ccc32)S(C)(=O)=O)cc1. The second kappa shape index (κ2) is 8.74. The predicted molar refractivity (Wildman–Crippen MR) is 114 cm³/mol. The van der Waals surface area contributed by atoms with Crippen LogP contribution in [0.2, 0.25) is 0 Å². The molecule has 0 aromatic heterocycles. The van der Waals surface area contributed by atoms with Gasteiger partial charge < -0.3 is 14.4 Å². The molecule has 2 aromatic carbocycles. The number of esters is 1. The Labute approximate surface area is 176 Å². The molecule has 0 N–H and O–H groups in total. The van der Waals surface area contributed by atoms with Crippen LogP contribution in [0.4, 0.5) is 11.4 Å². The highest BCUT2D eigenvalue weighted by Crippen LogP contribution is 2.31. The van der Waals surface area contributed by atoms with Gasteiger partial charge in [-0.05, 0) is 60.9 Å². The Balaban J connectivity index is 1.87. The zero-order valence-electron chi connectivity index (χ0n) is 17.1. The number of aryl methyl sites for hydroxylation is 1. The molecule has 1 aliphatic heterocycles. The summed E-state index contributed by atoms with van der Waals surface area (Å²) < 4.78 is 35.7. The molecule has 0 atom stereocenters. The van der Waals surface area contributed by atoms with E-state index in [-0.39, 0.29) is 12.5 Å². The van der Waals surface area contributed by atoms with Crippen molar-refractivity contribution in [3.8, 4) is 5.75 Å². The quantitative estimate of drug-likeness (QED) is 0.650. The number of nitrogens with zero attached hydrogens (tertiary/aromatic N) is 2. The molecular weight excluding hydrogens is 408 g/mol. The molecule has 0 saturated carbocycles. The standard InChI is InChI=1S/C21H24N2O6S/c1-28-18-10-11-19-16(13-18)5-4-12-22(19)20(24)14-23(30(3,26)27)17-8-6-15(7-9-17)21(25)29-2/h6-11,13H,4-5,12,14H2,1-3H3. The summed E-state index contributed by atoms with van der Waals surface area (Å²) in [5.41, 5.74) is 2.34. The average molecular weight is 432 g/mol. The highest BCUT2D eigenvalue weighted by molar-refractivity contribution is 7.92. The van der Waals surface area contributed by atoms with Crippen molar-refractivity contribution in [3.63, 3.8) is 0 Å². The van der Waals surface area contributed by atoms with Gasteiger partial charge in [0.1, 0.15) is 12.3 Å². The Kier molecular flexibility index (Phi) is 6.31. The number of methoxy groups -OCH3 is 2. The van der Waals surface area contributed by atoms with Gasteiger partial charge in [0.25, 0.3) is 0 Å². The lowest BCUT2D eigenvalue weighted by Crippen LogP contribution is -2.44. The molecule has 2 aromatic rings. The molecule has 0 aliphatic carbocycles. The molecular formula is C21H24N2O6S. The van der Waals surface area contributed by atoms with Gasteiger partial charge in [-0.1, -0.05) is 0 Å². The maximum atomic E-state index is 13.1. The minimum atomic E-state index is -3.73. The molecule has 0 saturated heterocycles. The second-order valence-electron chi connectivity index (χ2n) is 6.95. The predicted octanol–water partition coefficient (Wildman–Crippen LogP) is 2.23. The van der Waals surface area contributed by atoms with Crippen LogP contribution >= 0.6 is 0 Å². The van der Waals surface area contributed by atoms with Crippen molar-refractivity contribution in [2.24, 2.45) is 0 Å². The van der Waals surface area contributed by atoms with Gasteiger partial charge in [-0.3, -0.25) is 9.10 Å². The van der Waals surface area contributed by atoms with Crippen LogP contribution < -0.4 is 13.9 Å². The van der Waals surface area contributed by atoms with Crippen molar-refractivity contribution in [1.82, 2.24) is 0 Å². The summed E-state index contributed by atoms with van der Waals surface area (Å²) >= 11 is 0. The fourth-order valence-corrected chi connectivity index (χ4v) is 4.30. The second-order valence-corrected chi connectivity index (χ2v) is 8.86. The fraction of sp³-hybridized carbons (Fsp3) is 0.333. The van der Waals surface area contributed by atoms with Crippen molar-refractivity contribution in [2.75, 3.05) is 42.8 Å². The maximum absolute atomic E-state index is 13.1. The minimum Gasteiger partial charge on any atom is -0.497 e. The minimum absolute atomic E-state index is 0.292. The number of hydrogen-bond acceptors (Lipinski definition) is 6. The van der Waals surface area contributed by atoms with Gasteiger partial charge in [-0.25, -0.2) is 13.2 Å². The van der Waals surface area contributed by atoms with E-state index in [1.165, 1.54) is 31.4 Å². The maximum Gasteiger partial charge on any atom is 0.337 e. The Morgan fingerprint density at radius 3 is 2.40 bits per heavy atom. The van der Waals surface area contributed by atoms with Crippen molar-refractivity contribution >= 4 is 33.3 Å². The first-order valence-corrected chi connectivity index (χ1v) is 11.2. The first kappa shape index (κ1) is 21.6. The van der Waals surface area contributed by atoms with Gasteiger partial charge in [0.05, 0.1) is 31.7 Å². The third-order valence-corrected chi connectivity index (χ3v) is 6.10. The first-order valence-electron chi connectivity index (χ1n) is 9.38. The van der Waals surface area contributed by atoms with E-state index in [9.17, 15) is 18.0 Å². The van der Waals surface area contributed by atoms with E-state index < -0.39 is 16.0 Å². The van der Waals surface area contributed by atoms with Crippen molar-refractivity contribution in [3.05, 3.63) is 53.6 Å². The van der Waals surface area contributed by atoms with Crippen LogP contribution in [-0.2, 0) is 26.0 Å². The summed E-state index contributed by atoms with van der Waals surface area (Å²) in [6, 6.07) is 11.4. The van der Waals surface area contributed by atoms with Crippen LogP contribution in [0.1, 0.15) is 22.3 Å². The van der Waals surface area contributed by atoms with Crippen LogP contribution in [0.15, 0.2) is 42.5 Å². The van der Waals surface area contributed by atoms with E-state index in [0.29, 0.717) is 23.5 Å². The lowest BCUT2D eigenvalue weighted by molar-refractivity contribution is -0.117. The number of benzene rings is 2. The van der Waals surface area contributed by atoms with E-state index in [2.05, 4.69) is 4.74 Å². The summed E-state index contributed by atoms with van der Waals surface area (Å²) in [4.78, 5) is 26.3. The first-order chi connectivity index (χ1) is 14.2. The highest BCUT2D eigenvalue weighted by Gasteiger charge is 2.28. The smallest absolute Gasteiger partial charge is 0.337 e. The third kappa shape index (κ3) is 4.56. The Morgan fingerprint density at radius 1 is 1.10 bits per heavy atom. The van der Waals surface area contributed by atoms with E-state index in [4.69, 9.17) is 4.74 Å². The van der Waals surface area contributed by atoms with Gasteiger partial charge >= 0.3 is 5.97 Å². The molecule has 1 heterocycles. The molecule has 30 heavy (non-hydrogen) atoms. The largest absolute Gasteiger partial charge is 0.497 e. The average Bonchev–Trinajstić information content (AvgIpc) is 2.75. The molecule has 8 nitrogen and oxygen atoms in total. The Hall–Kier alpha value is -3.07. The zero-order valence-corrected chi connectivity index (χ0v) is 17.9. The number of carbonyl (C=O) groups excluding carboxylic acids is 2. The summed E-state index contributed by atoms with van der Waals surface area (Å²) in [6.45, 7) is 0.166. The van der Waals surface area contributed by atoms with Gasteiger partial charge in [-0.15, -0.1) is 0 Å². The number of hydrogen-bond donors (Lipinski definition) is 0. The molecule has 1 amide bonds. The lowest BCUT2D eigenvalue weighted by atomic mass is 10.0. The van der Waals surface area contributed by atoms with Gasteiger partial charge in [-0.2, -0.15) is 0 Å². The number of anilines is 2. The monoisotopic (exact) mass is 432 g/mol. The number of fused-ring (bicyclic) bond motifs is 1. The molecule has 0 radical (unpaired) electrons. The van der Waals surface area contributed by atoms with E-state index in [1.54, 1.807) is 18.1 Å². The summed E-state index contributed by atoms with van der Waals surface area (Å²) in [6.07, 6.45) is 2.64. The zero-order chi connectivity index (χ0) is 21.9.